The fourth-order valence-electron chi connectivity index (χ4n) is 2.75. The lowest BCUT2D eigenvalue weighted by molar-refractivity contribution is -0.123. The number of hydrogen-bond acceptors (Lipinski definition) is 4. The van der Waals surface area contributed by atoms with E-state index in [4.69, 9.17) is 0 Å². The van der Waals surface area contributed by atoms with E-state index < -0.39 is 11.9 Å². The quantitative estimate of drug-likeness (QED) is 0.420. The van der Waals surface area contributed by atoms with E-state index in [1.165, 1.54) is 0 Å². The SMILES string of the molecule is CCCCCC(=O)NCc1ccccc1CNC(=O)CN1CC(=O)NC1=O. The average molecular weight is 374 g/mol. The van der Waals surface area contributed by atoms with Crippen molar-refractivity contribution in [1.82, 2.24) is 20.9 Å². The predicted octanol–water partition coefficient (Wildman–Crippen LogP) is 1.05. The third-order valence-corrected chi connectivity index (χ3v) is 4.28. The highest BCUT2D eigenvalue weighted by molar-refractivity contribution is 6.03. The Bertz CT molecular complexity index is 705. The first-order valence-corrected chi connectivity index (χ1v) is 9.18. The van der Waals surface area contributed by atoms with Gasteiger partial charge in [0.25, 0.3) is 0 Å². The minimum Gasteiger partial charge on any atom is -0.352 e. The van der Waals surface area contributed by atoms with Crippen LogP contribution in [0.5, 0.6) is 0 Å². The van der Waals surface area contributed by atoms with Crippen molar-refractivity contribution in [3.05, 3.63) is 35.4 Å². The van der Waals surface area contributed by atoms with Crippen molar-refractivity contribution < 1.29 is 19.2 Å². The lowest BCUT2D eigenvalue weighted by Crippen LogP contribution is -2.38. The van der Waals surface area contributed by atoms with E-state index in [9.17, 15) is 19.2 Å². The van der Waals surface area contributed by atoms with E-state index in [2.05, 4.69) is 22.9 Å². The van der Waals surface area contributed by atoms with Crippen LogP contribution in [0.3, 0.4) is 0 Å². The molecule has 1 heterocycles. The smallest absolute Gasteiger partial charge is 0.325 e. The molecule has 5 amide bonds. The summed E-state index contributed by atoms with van der Waals surface area (Å²) in [7, 11) is 0. The number of unbranched alkanes of at least 4 members (excludes halogenated alkanes) is 2. The number of amides is 5. The standard InChI is InChI=1S/C19H26N4O4/c1-2-3-4-9-16(24)20-10-14-7-5-6-8-15(14)11-21-17(25)12-23-13-18(26)22-19(23)27/h5-8H,2-4,9-13H2,1H3,(H,20,24)(H,21,25)(H,22,26,27). The molecular formula is C19H26N4O4. The topological polar surface area (TPSA) is 108 Å². The molecule has 1 aliphatic rings. The van der Waals surface area contributed by atoms with Crippen molar-refractivity contribution in [2.24, 2.45) is 0 Å². The van der Waals surface area contributed by atoms with Gasteiger partial charge in [-0.3, -0.25) is 19.7 Å². The van der Waals surface area contributed by atoms with Crippen molar-refractivity contribution in [2.45, 2.75) is 45.7 Å². The highest BCUT2D eigenvalue weighted by Crippen LogP contribution is 2.09. The maximum absolute atomic E-state index is 12.0. The van der Waals surface area contributed by atoms with Crippen molar-refractivity contribution in [1.29, 1.82) is 0 Å². The third-order valence-electron chi connectivity index (χ3n) is 4.28. The van der Waals surface area contributed by atoms with Crippen LogP contribution >= 0.6 is 0 Å². The Balaban J connectivity index is 1.81. The Kier molecular flexibility index (Phi) is 7.79. The molecular weight excluding hydrogens is 348 g/mol. The molecule has 0 saturated carbocycles. The van der Waals surface area contributed by atoms with Gasteiger partial charge < -0.3 is 15.5 Å². The van der Waals surface area contributed by atoms with Gasteiger partial charge >= 0.3 is 6.03 Å². The molecule has 1 aliphatic heterocycles. The van der Waals surface area contributed by atoms with Gasteiger partial charge in [-0.1, -0.05) is 44.0 Å². The zero-order valence-corrected chi connectivity index (χ0v) is 15.5. The molecule has 0 aromatic heterocycles. The summed E-state index contributed by atoms with van der Waals surface area (Å²) in [4.78, 5) is 47.7. The van der Waals surface area contributed by atoms with Gasteiger partial charge in [0.15, 0.2) is 0 Å². The van der Waals surface area contributed by atoms with Gasteiger partial charge in [0, 0.05) is 19.5 Å². The number of hydrogen-bond donors (Lipinski definition) is 3. The number of imide groups is 1. The number of urea groups is 1. The maximum Gasteiger partial charge on any atom is 0.325 e. The van der Waals surface area contributed by atoms with Gasteiger partial charge in [0.1, 0.15) is 13.1 Å². The summed E-state index contributed by atoms with van der Waals surface area (Å²) < 4.78 is 0. The summed E-state index contributed by atoms with van der Waals surface area (Å²) >= 11 is 0. The van der Waals surface area contributed by atoms with Crippen LogP contribution in [0.25, 0.3) is 0 Å². The molecule has 8 nitrogen and oxygen atoms in total. The second-order valence-corrected chi connectivity index (χ2v) is 6.49. The minimum absolute atomic E-state index is 0.0204. The number of nitrogens with one attached hydrogen (secondary N) is 3. The number of rotatable bonds is 10. The van der Waals surface area contributed by atoms with Crippen LogP contribution in [-0.2, 0) is 27.5 Å². The Hall–Kier alpha value is -2.90. The lowest BCUT2D eigenvalue weighted by Gasteiger charge is -2.14. The highest BCUT2D eigenvalue weighted by atomic mass is 16.2. The van der Waals surface area contributed by atoms with Crippen molar-refractivity contribution >= 4 is 23.8 Å². The maximum atomic E-state index is 12.0. The Labute approximate surface area is 158 Å². The normalized spacial score (nSPS) is 13.4. The van der Waals surface area contributed by atoms with Gasteiger partial charge in [-0.2, -0.15) is 0 Å². The lowest BCUT2D eigenvalue weighted by atomic mass is 10.1. The van der Waals surface area contributed by atoms with Crippen molar-refractivity contribution in [3.63, 3.8) is 0 Å². The molecule has 27 heavy (non-hydrogen) atoms. The fraction of sp³-hybridized carbons (Fsp3) is 0.474. The third kappa shape index (κ3) is 6.73. The summed E-state index contributed by atoms with van der Waals surface area (Å²) in [6.07, 6.45) is 3.51. The van der Waals surface area contributed by atoms with Crippen LogP contribution in [0.15, 0.2) is 24.3 Å². The number of nitrogens with zero attached hydrogens (tertiary/aromatic N) is 1. The number of carbonyl (C=O) groups excluding carboxylic acids is 4. The van der Waals surface area contributed by atoms with Crippen molar-refractivity contribution in [3.8, 4) is 0 Å². The molecule has 146 valence electrons. The molecule has 3 N–H and O–H groups in total. The van der Waals surface area contributed by atoms with E-state index in [1.54, 1.807) is 0 Å². The molecule has 0 spiro atoms. The summed E-state index contributed by atoms with van der Waals surface area (Å²) in [6, 6.07) is 6.97. The zero-order valence-electron chi connectivity index (χ0n) is 15.5. The van der Waals surface area contributed by atoms with E-state index >= 15 is 0 Å². The van der Waals surface area contributed by atoms with E-state index in [0.29, 0.717) is 13.0 Å². The van der Waals surface area contributed by atoms with Gasteiger partial charge in [-0.15, -0.1) is 0 Å². The second kappa shape index (κ2) is 10.3. The van der Waals surface area contributed by atoms with Crippen molar-refractivity contribution in [2.75, 3.05) is 13.1 Å². The Morgan fingerprint density at radius 3 is 2.22 bits per heavy atom. The zero-order chi connectivity index (χ0) is 19.6. The van der Waals surface area contributed by atoms with Crippen LogP contribution < -0.4 is 16.0 Å². The summed E-state index contributed by atoms with van der Waals surface area (Å²) in [6.45, 7) is 2.50. The van der Waals surface area contributed by atoms with Crippen LogP contribution in [0.1, 0.15) is 43.7 Å². The van der Waals surface area contributed by atoms with Crippen LogP contribution in [-0.4, -0.2) is 41.7 Å². The number of benzene rings is 1. The van der Waals surface area contributed by atoms with Gasteiger partial charge in [0.05, 0.1) is 0 Å². The molecule has 0 radical (unpaired) electrons. The molecule has 0 bridgehead atoms. The average Bonchev–Trinajstić information content (AvgIpc) is 2.96. The molecule has 2 rings (SSSR count). The first-order chi connectivity index (χ1) is 13.0. The first kappa shape index (κ1) is 20.4. The van der Waals surface area contributed by atoms with Crippen LogP contribution in [0, 0.1) is 0 Å². The summed E-state index contributed by atoms with van der Waals surface area (Å²) in [5.74, 6) is -0.738. The van der Waals surface area contributed by atoms with E-state index in [0.717, 1.165) is 35.3 Å². The Morgan fingerprint density at radius 2 is 1.67 bits per heavy atom. The molecule has 8 heteroatoms. The molecule has 0 aliphatic carbocycles. The summed E-state index contributed by atoms with van der Waals surface area (Å²) in [5, 5.41) is 7.78. The van der Waals surface area contributed by atoms with Gasteiger partial charge in [-0.05, 0) is 17.5 Å². The molecule has 0 unspecified atom stereocenters. The van der Waals surface area contributed by atoms with E-state index in [-0.39, 0.29) is 31.4 Å². The molecule has 1 aromatic rings. The van der Waals surface area contributed by atoms with Gasteiger partial charge in [-0.25, -0.2) is 4.79 Å². The largest absolute Gasteiger partial charge is 0.352 e. The highest BCUT2D eigenvalue weighted by Gasteiger charge is 2.28. The molecule has 1 aromatic carbocycles. The van der Waals surface area contributed by atoms with Crippen LogP contribution in [0.4, 0.5) is 4.79 Å². The Morgan fingerprint density at radius 1 is 1.04 bits per heavy atom. The first-order valence-electron chi connectivity index (χ1n) is 9.18. The molecule has 1 fully saturated rings. The van der Waals surface area contributed by atoms with Crippen LogP contribution in [0.2, 0.25) is 0 Å². The van der Waals surface area contributed by atoms with Gasteiger partial charge in [0.2, 0.25) is 17.7 Å². The predicted molar refractivity (Wildman–Crippen MR) is 99.4 cm³/mol. The molecule has 1 saturated heterocycles. The summed E-state index contributed by atoms with van der Waals surface area (Å²) in [5.41, 5.74) is 1.82. The fourth-order valence-corrected chi connectivity index (χ4v) is 2.75. The minimum atomic E-state index is -0.554. The monoisotopic (exact) mass is 374 g/mol. The van der Waals surface area contributed by atoms with E-state index in [1.807, 2.05) is 24.3 Å². The second-order valence-electron chi connectivity index (χ2n) is 6.49. The molecule has 0 atom stereocenters. The number of carbonyl (C=O) groups is 4.